The number of ether oxygens (including phenoxy) is 1. The summed E-state index contributed by atoms with van der Waals surface area (Å²) in [4.78, 5) is 0. The molecule has 0 atom stereocenters. The highest BCUT2D eigenvalue weighted by Crippen LogP contribution is 2.36. The largest absolute Gasteiger partial charge is 0.494 e. The van der Waals surface area contributed by atoms with Gasteiger partial charge in [0.25, 0.3) is 0 Å². The van der Waals surface area contributed by atoms with Crippen molar-refractivity contribution in [2.45, 2.75) is 12.8 Å². The average molecular weight is 288 g/mol. The van der Waals surface area contributed by atoms with Crippen LogP contribution >= 0.6 is 0 Å². The summed E-state index contributed by atoms with van der Waals surface area (Å²) < 4.78 is 5.86. The van der Waals surface area contributed by atoms with E-state index in [1.54, 1.807) is 0 Å². The summed E-state index contributed by atoms with van der Waals surface area (Å²) in [6.07, 6.45) is 0. The molecule has 1 nitrogen and oxygen atoms in total. The second-order valence-corrected chi connectivity index (χ2v) is 5.23. The van der Waals surface area contributed by atoms with Crippen LogP contribution in [0.25, 0.3) is 0 Å². The fourth-order valence-electron chi connectivity index (χ4n) is 2.85. The van der Waals surface area contributed by atoms with Gasteiger partial charge in [-0.15, -0.1) is 0 Å². The van der Waals surface area contributed by atoms with E-state index >= 15 is 0 Å². The Labute approximate surface area is 132 Å². The highest BCUT2D eigenvalue weighted by Gasteiger charge is 2.19. The van der Waals surface area contributed by atoms with Crippen molar-refractivity contribution in [3.05, 3.63) is 102 Å². The molecule has 0 bridgehead atoms. The molecular weight excluding hydrogens is 268 g/mol. The van der Waals surface area contributed by atoms with E-state index < -0.39 is 0 Å². The second-order valence-electron chi connectivity index (χ2n) is 5.23. The molecule has 0 unspecified atom stereocenters. The van der Waals surface area contributed by atoms with Gasteiger partial charge in [0.15, 0.2) is 0 Å². The van der Waals surface area contributed by atoms with E-state index in [2.05, 4.69) is 78.9 Å². The van der Waals surface area contributed by atoms with Crippen molar-refractivity contribution in [1.82, 2.24) is 0 Å². The van der Waals surface area contributed by atoms with Crippen molar-refractivity contribution < 1.29 is 4.74 Å². The Balaban J connectivity index is 2.15. The van der Waals surface area contributed by atoms with Crippen LogP contribution in [-0.2, 0) is 0 Å². The van der Waals surface area contributed by atoms with Gasteiger partial charge in [-0.05, 0) is 24.1 Å². The standard InChI is InChI=1S/C21H20O/c1-2-22-20-16-10-9-15-19(20)21(17-11-5-3-6-12-17)18-13-7-4-8-14-18/h3-16,21H,2H2,1H3. The van der Waals surface area contributed by atoms with Crippen LogP contribution in [0.1, 0.15) is 29.5 Å². The Morgan fingerprint density at radius 2 is 1.18 bits per heavy atom. The summed E-state index contributed by atoms with van der Waals surface area (Å²) in [5, 5.41) is 0. The van der Waals surface area contributed by atoms with Gasteiger partial charge in [0.2, 0.25) is 0 Å². The van der Waals surface area contributed by atoms with Gasteiger partial charge < -0.3 is 4.74 Å². The Hall–Kier alpha value is -2.54. The molecular formula is C21H20O. The lowest BCUT2D eigenvalue weighted by atomic mass is 9.85. The Kier molecular flexibility index (Phi) is 4.55. The van der Waals surface area contributed by atoms with Crippen molar-refractivity contribution in [1.29, 1.82) is 0 Å². The van der Waals surface area contributed by atoms with Crippen LogP contribution in [0.2, 0.25) is 0 Å². The molecule has 3 aromatic rings. The lowest BCUT2D eigenvalue weighted by Gasteiger charge is -2.21. The molecule has 3 rings (SSSR count). The fraction of sp³-hybridized carbons (Fsp3) is 0.143. The topological polar surface area (TPSA) is 9.23 Å². The highest BCUT2D eigenvalue weighted by atomic mass is 16.5. The third-order valence-electron chi connectivity index (χ3n) is 3.80. The predicted octanol–water partition coefficient (Wildman–Crippen LogP) is 5.27. The molecule has 0 radical (unpaired) electrons. The molecule has 0 aliphatic carbocycles. The first-order chi connectivity index (χ1) is 10.9. The maximum Gasteiger partial charge on any atom is 0.123 e. The molecule has 0 aliphatic heterocycles. The van der Waals surface area contributed by atoms with E-state index in [4.69, 9.17) is 4.74 Å². The van der Waals surface area contributed by atoms with Gasteiger partial charge >= 0.3 is 0 Å². The average Bonchev–Trinajstić information content (AvgIpc) is 2.59. The van der Waals surface area contributed by atoms with Crippen LogP contribution < -0.4 is 4.74 Å². The summed E-state index contributed by atoms with van der Waals surface area (Å²) in [5.41, 5.74) is 3.77. The molecule has 0 saturated heterocycles. The van der Waals surface area contributed by atoms with E-state index in [1.165, 1.54) is 16.7 Å². The van der Waals surface area contributed by atoms with Crippen LogP contribution in [0.15, 0.2) is 84.9 Å². The molecule has 1 heteroatoms. The maximum absolute atomic E-state index is 5.86. The molecule has 0 aliphatic rings. The lowest BCUT2D eigenvalue weighted by Crippen LogP contribution is -2.06. The minimum Gasteiger partial charge on any atom is -0.494 e. The van der Waals surface area contributed by atoms with E-state index in [-0.39, 0.29) is 5.92 Å². The summed E-state index contributed by atoms with van der Waals surface area (Å²) in [6.45, 7) is 2.70. The zero-order valence-corrected chi connectivity index (χ0v) is 12.8. The maximum atomic E-state index is 5.86. The van der Waals surface area contributed by atoms with Crippen molar-refractivity contribution >= 4 is 0 Å². The van der Waals surface area contributed by atoms with Crippen molar-refractivity contribution in [3.63, 3.8) is 0 Å². The highest BCUT2D eigenvalue weighted by molar-refractivity contribution is 5.48. The number of rotatable bonds is 5. The third-order valence-corrected chi connectivity index (χ3v) is 3.80. The first kappa shape index (κ1) is 14.4. The third kappa shape index (κ3) is 3.04. The monoisotopic (exact) mass is 288 g/mol. The molecule has 3 aromatic carbocycles. The summed E-state index contributed by atoms with van der Waals surface area (Å²) in [5.74, 6) is 1.15. The van der Waals surface area contributed by atoms with Crippen LogP contribution in [0.4, 0.5) is 0 Å². The Morgan fingerprint density at radius 3 is 1.73 bits per heavy atom. The SMILES string of the molecule is CCOc1ccccc1C(c1ccccc1)c1ccccc1. The quantitative estimate of drug-likeness (QED) is 0.581. The van der Waals surface area contributed by atoms with Gasteiger partial charge in [-0.2, -0.15) is 0 Å². The number of hydrogen-bond donors (Lipinski definition) is 0. The van der Waals surface area contributed by atoms with Crippen LogP contribution in [0.5, 0.6) is 5.75 Å². The molecule has 0 heterocycles. The molecule has 0 amide bonds. The molecule has 110 valence electrons. The zero-order valence-electron chi connectivity index (χ0n) is 12.8. The summed E-state index contributed by atoms with van der Waals surface area (Å²) in [6, 6.07) is 29.5. The minimum absolute atomic E-state index is 0.185. The smallest absolute Gasteiger partial charge is 0.123 e. The van der Waals surface area contributed by atoms with Gasteiger partial charge in [-0.1, -0.05) is 78.9 Å². The van der Waals surface area contributed by atoms with E-state index in [1.807, 2.05) is 13.0 Å². The number of hydrogen-bond acceptors (Lipinski definition) is 1. The van der Waals surface area contributed by atoms with E-state index in [9.17, 15) is 0 Å². The van der Waals surface area contributed by atoms with Gasteiger partial charge in [0.1, 0.15) is 5.75 Å². The van der Waals surface area contributed by atoms with Gasteiger partial charge in [0.05, 0.1) is 6.61 Å². The van der Waals surface area contributed by atoms with Crippen molar-refractivity contribution in [3.8, 4) is 5.75 Å². The fourth-order valence-corrected chi connectivity index (χ4v) is 2.85. The Bertz CT molecular complexity index is 665. The first-order valence-corrected chi connectivity index (χ1v) is 7.71. The zero-order chi connectivity index (χ0) is 15.2. The van der Waals surface area contributed by atoms with Gasteiger partial charge in [-0.3, -0.25) is 0 Å². The molecule has 0 N–H and O–H groups in total. The van der Waals surface area contributed by atoms with Gasteiger partial charge in [-0.25, -0.2) is 0 Å². The lowest BCUT2D eigenvalue weighted by molar-refractivity contribution is 0.336. The molecule has 22 heavy (non-hydrogen) atoms. The normalized spacial score (nSPS) is 10.6. The molecule has 0 fully saturated rings. The Morgan fingerprint density at radius 1 is 0.682 bits per heavy atom. The van der Waals surface area contributed by atoms with E-state index in [0.717, 1.165) is 5.75 Å². The van der Waals surface area contributed by atoms with E-state index in [0.29, 0.717) is 6.61 Å². The number of benzene rings is 3. The molecule has 0 saturated carbocycles. The molecule has 0 aromatic heterocycles. The van der Waals surface area contributed by atoms with Gasteiger partial charge in [0, 0.05) is 11.5 Å². The van der Waals surface area contributed by atoms with Crippen molar-refractivity contribution in [2.24, 2.45) is 0 Å². The molecule has 0 spiro atoms. The summed E-state index contributed by atoms with van der Waals surface area (Å²) >= 11 is 0. The minimum atomic E-state index is 0.185. The van der Waals surface area contributed by atoms with Crippen LogP contribution in [0, 0.1) is 0 Å². The summed E-state index contributed by atoms with van der Waals surface area (Å²) in [7, 11) is 0. The predicted molar refractivity (Wildman–Crippen MR) is 91.4 cm³/mol. The first-order valence-electron chi connectivity index (χ1n) is 7.71. The number of para-hydroxylation sites is 1. The van der Waals surface area contributed by atoms with Crippen molar-refractivity contribution in [2.75, 3.05) is 6.61 Å². The van der Waals surface area contributed by atoms with Crippen LogP contribution in [-0.4, -0.2) is 6.61 Å². The van der Waals surface area contributed by atoms with Crippen LogP contribution in [0.3, 0.4) is 0 Å². The second kappa shape index (κ2) is 6.95.